The molecule has 1 aromatic carbocycles. The number of hydrogen-bond acceptors (Lipinski definition) is 1. The number of halogens is 2. The lowest BCUT2D eigenvalue weighted by Crippen LogP contribution is -2.25. The largest absolute Gasteiger partial charge is 0.314 e. The van der Waals surface area contributed by atoms with Gasteiger partial charge in [-0.2, -0.15) is 0 Å². The van der Waals surface area contributed by atoms with Crippen molar-refractivity contribution in [1.29, 1.82) is 0 Å². The first-order valence-corrected chi connectivity index (χ1v) is 7.15. The molecular formula is C14H19BrFN. The third-order valence-corrected chi connectivity index (χ3v) is 4.14. The maximum absolute atomic E-state index is 13.2. The molecule has 0 aliphatic heterocycles. The molecule has 1 aliphatic carbocycles. The maximum Gasteiger partial charge on any atom is 0.123 e. The van der Waals surface area contributed by atoms with Gasteiger partial charge >= 0.3 is 0 Å². The van der Waals surface area contributed by atoms with Crippen molar-refractivity contribution >= 4 is 15.9 Å². The molecule has 1 atom stereocenters. The molecule has 2 rings (SSSR count). The van der Waals surface area contributed by atoms with Crippen molar-refractivity contribution < 1.29 is 4.39 Å². The van der Waals surface area contributed by atoms with Crippen LogP contribution in [0.4, 0.5) is 4.39 Å². The average molecular weight is 300 g/mol. The van der Waals surface area contributed by atoms with E-state index in [0.29, 0.717) is 5.92 Å². The van der Waals surface area contributed by atoms with Crippen LogP contribution in [0.15, 0.2) is 22.7 Å². The van der Waals surface area contributed by atoms with Crippen LogP contribution < -0.4 is 5.32 Å². The zero-order valence-corrected chi connectivity index (χ0v) is 11.8. The Morgan fingerprint density at radius 2 is 2.24 bits per heavy atom. The summed E-state index contributed by atoms with van der Waals surface area (Å²) in [5.74, 6) is 0.446. The third kappa shape index (κ3) is 4.07. The van der Waals surface area contributed by atoms with Crippen molar-refractivity contribution in [2.24, 2.45) is 5.92 Å². The fourth-order valence-corrected chi connectivity index (χ4v) is 2.40. The molecule has 1 saturated carbocycles. The molecule has 0 saturated heterocycles. The number of benzene rings is 1. The Balaban J connectivity index is 1.93. The van der Waals surface area contributed by atoms with Gasteiger partial charge in [0.15, 0.2) is 0 Å². The van der Waals surface area contributed by atoms with Crippen LogP contribution in [-0.2, 0) is 6.42 Å². The lowest BCUT2D eigenvalue weighted by atomic mass is 9.97. The second kappa shape index (κ2) is 5.96. The van der Waals surface area contributed by atoms with E-state index >= 15 is 0 Å². The summed E-state index contributed by atoms with van der Waals surface area (Å²) >= 11 is 3.49. The van der Waals surface area contributed by atoms with E-state index in [1.165, 1.54) is 18.9 Å². The van der Waals surface area contributed by atoms with Crippen molar-refractivity contribution in [3.63, 3.8) is 0 Å². The minimum atomic E-state index is -0.145. The lowest BCUT2D eigenvalue weighted by Gasteiger charge is -2.16. The van der Waals surface area contributed by atoms with E-state index < -0.39 is 0 Å². The molecule has 0 bridgehead atoms. The molecule has 0 spiro atoms. The van der Waals surface area contributed by atoms with E-state index in [1.54, 1.807) is 12.1 Å². The summed E-state index contributed by atoms with van der Waals surface area (Å²) in [7, 11) is 0. The number of rotatable bonds is 6. The average Bonchev–Trinajstić information content (AvgIpc) is 3.12. The Morgan fingerprint density at radius 1 is 1.47 bits per heavy atom. The lowest BCUT2D eigenvalue weighted by molar-refractivity contribution is 0.457. The van der Waals surface area contributed by atoms with Crippen LogP contribution in [0, 0.1) is 11.7 Å². The molecular weight excluding hydrogens is 281 g/mol. The highest BCUT2D eigenvalue weighted by Gasteiger charge is 2.21. The van der Waals surface area contributed by atoms with Gasteiger partial charge in [-0.15, -0.1) is 0 Å². The van der Waals surface area contributed by atoms with Crippen LogP contribution in [0.1, 0.15) is 31.7 Å². The van der Waals surface area contributed by atoms with Gasteiger partial charge < -0.3 is 5.32 Å². The summed E-state index contributed by atoms with van der Waals surface area (Å²) < 4.78 is 14.2. The summed E-state index contributed by atoms with van der Waals surface area (Å²) in [6.45, 7) is 3.25. The molecule has 0 amide bonds. The molecule has 17 heavy (non-hydrogen) atoms. The van der Waals surface area contributed by atoms with Gasteiger partial charge in [0.2, 0.25) is 0 Å². The third-order valence-electron chi connectivity index (χ3n) is 3.37. The molecule has 1 unspecified atom stereocenters. The van der Waals surface area contributed by atoms with E-state index in [9.17, 15) is 4.39 Å². The van der Waals surface area contributed by atoms with Crippen molar-refractivity contribution in [1.82, 2.24) is 5.32 Å². The summed E-state index contributed by atoms with van der Waals surface area (Å²) in [4.78, 5) is 0. The second-order valence-corrected chi connectivity index (χ2v) is 5.75. The van der Waals surface area contributed by atoms with Crippen LogP contribution >= 0.6 is 15.9 Å². The van der Waals surface area contributed by atoms with E-state index in [0.717, 1.165) is 35.5 Å². The Hall–Kier alpha value is -0.410. The van der Waals surface area contributed by atoms with E-state index in [4.69, 9.17) is 0 Å². The standard InChI is InChI=1S/C14H19BrFN/c1-2-10(9-17-13-4-5-13)7-11-8-12(16)3-6-14(11)15/h3,6,8,10,13,17H,2,4-5,7,9H2,1H3. The fraction of sp³-hybridized carbons (Fsp3) is 0.571. The summed E-state index contributed by atoms with van der Waals surface area (Å²) in [6.07, 6.45) is 4.71. The van der Waals surface area contributed by atoms with Gasteiger partial charge in [-0.1, -0.05) is 29.3 Å². The van der Waals surface area contributed by atoms with Gasteiger partial charge in [-0.05, 0) is 55.5 Å². The molecule has 1 nitrogen and oxygen atoms in total. The second-order valence-electron chi connectivity index (χ2n) is 4.90. The first-order chi connectivity index (χ1) is 8.19. The minimum Gasteiger partial charge on any atom is -0.314 e. The molecule has 0 radical (unpaired) electrons. The predicted octanol–water partition coefficient (Wildman–Crippen LogP) is 3.91. The summed E-state index contributed by atoms with van der Waals surface area (Å²) in [5, 5.41) is 3.55. The predicted molar refractivity (Wildman–Crippen MR) is 72.6 cm³/mol. The minimum absolute atomic E-state index is 0.145. The van der Waals surface area contributed by atoms with Crippen molar-refractivity contribution in [3.05, 3.63) is 34.1 Å². The summed E-state index contributed by atoms with van der Waals surface area (Å²) in [6, 6.07) is 5.69. The molecule has 1 fully saturated rings. The van der Waals surface area contributed by atoms with Gasteiger partial charge in [0.05, 0.1) is 0 Å². The Labute approximate surface area is 111 Å². The Bertz CT molecular complexity index is 376. The molecule has 0 heterocycles. The Morgan fingerprint density at radius 3 is 2.88 bits per heavy atom. The topological polar surface area (TPSA) is 12.0 Å². The fourth-order valence-electron chi connectivity index (χ4n) is 1.99. The molecule has 3 heteroatoms. The number of nitrogens with one attached hydrogen (secondary N) is 1. The van der Waals surface area contributed by atoms with Crippen molar-refractivity contribution in [3.8, 4) is 0 Å². The smallest absolute Gasteiger partial charge is 0.123 e. The highest BCUT2D eigenvalue weighted by Crippen LogP contribution is 2.23. The van der Waals surface area contributed by atoms with Gasteiger partial charge in [-0.25, -0.2) is 4.39 Å². The highest BCUT2D eigenvalue weighted by molar-refractivity contribution is 9.10. The van der Waals surface area contributed by atoms with Crippen LogP contribution in [0.25, 0.3) is 0 Å². The van der Waals surface area contributed by atoms with Gasteiger partial charge in [0.25, 0.3) is 0 Å². The monoisotopic (exact) mass is 299 g/mol. The first-order valence-electron chi connectivity index (χ1n) is 6.36. The van der Waals surface area contributed by atoms with Crippen LogP contribution in [0.2, 0.25) is 0 Å². The highest BCUT2D eigenvalue weighted by atomic mass is 79.9. The summed E-state index contributed by atoms with van der Waals surface area (Å²) in [5.41, 5.74) is 1.08. The molecule has 94 valence electrons. The zero-order valence-electron chi connectivity index (χ0n) is 10.2. The molecule has 0 aromatic heterocycles. The van der Waals surface area contributed by atoms with Gasteiger partial charge in [0.1, 0.15) is 5.82 Å². The normalized spacial score (nSPS) is 17.1. The van der Waals surface area contributed by atoms with E-state index in [1.807, 2.05) is 0 Å². The Kier molecular flexibility index (Phi) is 4.57. The molecule has 1 aliphatic rings. The quantitative estimate of drug-likeness (QED) is 0.840. The van der Waals surface area contributed by atoms with Crippen molar-refractivity contribution in [2.45, 2.75) is 38.6 Å². The van der Waals surface area contributed by atoms with Crippen LogP contribution in [-0.4, -0.2) is 12.6 Å². The SMILES string of the molecule is CCC(CNC1CC1)Cc1cc(F)ccc1Br. The molecule has 1 aromatic rings. The molecule has 1 N–H and O–H groups in total. The first kappa shape index (κ1) is 13.0. The van der Waals surface area contributed by atoms with Gasteiger partial charge in [0, 0.05) is 10.5 Å². The van der Waals surface area contributed by atoms with Gasteiger partial charge in [-0.3, -0.25) is 0 Å². The number of hydrogen-bond donors (Lipinski definition) is 1. The maximum atomic E-state index is 13.2. The van der Waals surface area contributed by atoms with E-state index in [2.05, 4.69) is 28.2 Å². The zero-order chi connectivity index (χ0) is 12.3. The van der Waals surface area contributed by atoms with Crippen LogP contribution in [0.3, 0.4) is 0 Å². The van der Waals surface area contributed by atoms with Crippen LogP contribution in [0.5, 0.6) is 0 Å². The van der Waals surface area contributed by atoms with E-state index in [-0.39, 0.29) is 5.82 Å². The van der Waals surface area contributed by atoms with Crippen molar-refractivity contribution in [2.75, 3.05) is 6.54 Å².